The summed E-state index contributed by atoms with van der Waals surface area (Å²) in [4.78, 5) is 4.51. The maximum absolute atomic E-state index is 5.80. The Kier molecular flexibility index (Phi) is 6.68. The van der Waals surface area contributed by atoms with Crippen LogP contribution in [0.1, 0.15) is 37.9 Å². The molecule has 1 aromatic carbocycles. The van der Waals surface area contributed by atoms with Crippen LogP contribution in [-0.2, 0) is 17.2 Å². The molecule has 4 heteroatoms. The highest BCUT2D eigenvalue weighted by Crippen LogP contribution is 2.25. The number of halogens is 1. The monoisotopic (exact) mass is 323 g/mol. The molecule has 0 N–H and O–H groups in total. The van der Waals surface area contributed by atoms with Gasteiger partial charge in [-0.2, -0.15) is 0 Å². The van der Waals surface area contributed by atoms with E-state index in [1.807, 2.05) is 5.38 Å². The van der Waals surface area contributed by atoms with Crippen LogP contribution in [0, 0.1) is 5.92 Å². The van der Waals surface area contributed by atoms with E-state index in [1.165, 1.54) is 12.0 Å². The van der Waals surface area contributed by atoms with Gasteiger partial charge in [0.1, 0.15) is 5.01 Å². The van der Waals surface area contributed by atoms with Crippen molar-refractivity contribution in [3.05, 3.63) is 40.9 Å². The van der Waals surface area contributed by atoms with Crippen LogP contribution < -0.4 is 0 Å². The topological polar surface area (TPSA) is 22.1 Å². The molecule has 0 saturated carbocycles. The largest absolute Gasteiger partial charge is 0.377 e. The van der Waals surface area contributed by atoms with E-state index in [4.69, 9.17) is 16.3 Å². The maximum atomic E-state index is 5.80. The van der Waals surface area contributed by atoms with Gasteiger partial charge < -0.3 is 4.74 Å². The fourth-order valence-electron chi connectivity index (χ4n) is 2.08. The molecule has 2 nitrogen and oxygen atoms in total. The second kappa shape index (κ2) is 8.52. The smallest absolute Gasteiger partial charge is 0.123 e. The summed E-state index contributed by atoms with van der Waals surface area (Å²) in [6.07, 6.45) is 2.35. The molecular formula is C17H22ClNOS. The number of hydrogen-bond acceptors (Lipinski definition) is 3. The first kappa shape index (κ1) is 16.5. The van der Waals surface area contributed by atoms with E-state index >= 15 is 0 Å². The molecule has 0 aliphatic heterocycles. The molecule has 1 aromatic heterocycles. The Morgan fingerprint density at radius 3 is 2.90 bits per heavy atom. The number of benzene rings is 1. The van der Waals surface area contributed by atoms with Gasteiger partial charge in [-0.15, -0.1) is 22.9 Å². The molecule has 0 radical (unpaired) electrons. The lowest BCUT2D eigenvalue weighted by atomic mass is 10.1. The standard InChI is InChI=1S/C17H22ClNOS/c1-13(2)5-4-8-20-11-14-6-3-7-15(9-14)17-19-16(10-18)12-21-17/h3,6-7,9,12-13H,4-5,8,10-11H2,1-2H3. The van der Waals surface area contributed by atoms with Crippen LogP contribution in [0.3, 0.4) is 0 Å². The van der Waals surface area contributed by atoms with Gasteiger partial charge in [-0.3, -0.25) is 0 Å². The lowest BCUT2D eigenvalue weighted by Crippen LogP contribution is -1.98. The Balaban J connectivity index is 1.89. The van der Waals surface area contributed by atoms with Gasteiger partial charge in [0.05, 0.1) is 18.2 Å². The van der Waals surface area contributed by atoms with Crippen molar-refractivity contribution in [2.45, 2.75) is 39.2 Å². The second-order valence-electron chi connectivity index (χ2n) is 5.57. The number of thiazole rings is 1. The zero-order valence-corrected chi connectivity index (χ0v) is 14.2. The van der Waals surface area contributed by atoms with Gasteiger partial charge in [0, 0.05) is 17.6 Å². The number of aromatic nitrogens is 1. The summed E-state index contributed by atoms with van der Waals surface area (Å²) in [7, 11) is 0. The van der Waals surface area contributed by atoms with E-state index in [-0.39, 0.29) is 0 Å². The Labute approximate surface area is 136 Å². The van der Waals surface area contributed by atoms with E-state index < -0.39 is 0 Å². The SMILES string of the molecule is CC(C)CCCOCc1cccc(-c2nc(CCl)cs2)c1. The molecule has 0 unspecified atom stereocenters. The van der Waals surface area contributed by atoms with Gasteiger partial charge >= 0.3 is 0 Å². The third kappa shape index (κ3) is 5.42. The van der Waals surface area contributed by atoms with Crippen molar-refractivity contribution in [2.24, 2.45) is 5.92 Å². The first-order chi connectivity index (χ1) is 10.2. The lowest BCUT2D eigenvalue weighted by Gasteiger charge is -2.07. The van der Waals surface area contributed by atoms with E-state index in [9.17, 15) is 0 Å². The van der Waals surface area contributed by atoms with Gasteiger partial charge in [0.15, 0.2) is 0 Å². The summed E-state index contributed by atoms with van der Waals surface area (Å²) < 4.78 is 5.75. The van der Waals surface area contributed by atoms with Gasteiger partial charge in [-0.25, -0.2) is 4.98 Å². The molecule has 0 saturated heterocycles. The fraction of sp³-hybridized carbons (Fsp3) is 0.471. The molecule has 0 aliphatic carbocycles. The van der Waals surface area contributed by atoms with Gasteiger partial charge in [0.2, 0.25) is 0 Å². The van der Waals surface area contributed by atoms with Gasteiger partial charge in [-0.1, -0.05) is 32.0 Å². The molecule has 0 spiro atoms. The average molecular weight is 324 g/mol. The quantitative estimate of drug-likeness (QED) is 0.472. The van der Waals surface area contributed by atoms with Crippen LogP contribution in [0.4, 0.5) is 0 Å². The Bertz CT molecular complexity index is 553. The minimum Gasteiger partial charge on any atom is -0.377 e. The lowest BCUT2D eigenvalue weighted by molar-refractivity contribution is 0.115. The Morgan fingerprint density at radius 2 is 2.19 bits per heavy atom. The van der Waals surface area contributed by atoms with Crippen LogP contribution in [0.15, 0.2) is 29.6 Å². The van der Waals surface area contributed by atoms with Crippen molar-refractivity contribution < 1.29 is 4.74 Å². The molecule has 2 aromatic rings. The fourth-order valence-corrected chi connectivity index (χ4v) is 3.12. The zero-order valence-electron chi connectivity index (χ0n) is 12.6. The van der Waals surface area contributed by atoms with Crippen LogP contribution in [0.25, 0.3) is 10.6 Å². The van der Waals surface area contributed by atoms with Crippen molar-refractivity contribution in [2.75, 3.05) is 6.61 Å². The molecule has 2 rings (SSSR count). The first-order valence-electron chi connectivity index (χ1n) is 7.36. The first-order valence-corrected chi connectivity index (χ1v) is 8.78. The minimum absolute atomic E-state index is 0.467. The second-order valence-corrected chi connectivity index (χ2v) is 6.69. The van der Waals surface area contributed by atoms with Crippen molar-refractivity contribution in [1.29, 1.82) is 0 Å². The average Bonchev–Trinajstić information content (AvgIpc) is 2.96. The number of alkyl halides is 1. The maximum Gasteiger partial charge on any atom is 0.123 e. The third-order valence-electron chi connectivity index (χ3n) is 3.20. The minimum atomic E-state index is 0.467. The van der Waals surface area contributed by atoms with Crippen LogP contribution in [0.5, 0.6) is 0 Å². The number of nitrogens with zero attached hydrogens (tertiary/aromatic N) is 1. The zero-order chi connectivity index (χ0) is 15.1. The van der Waals surface area contributed by atoms with Crippen LogP contribution in [0.2, 0.25) is 0 Å². The van der Waals surface area contributed by atoms with E-state index in [2.05, 4.69) is 43.1 Å². The predicted octanol–water partition coefficient (Wildman–Crippen LogP) is 5.50. The third-order valence-corrected chi connectivity index (χ3v) is 4.42. The van der Waals surface area contributed by atoms with Crippen LogP contribution in [-0.4, -0.2) is 11.6 Å². The van der Waals surface area contributed by atoms with Crippen molar-refractivity contribution in [1.82, 2.24) is 4.98 Å². The number of ether oxygens (including phenoxy) is 1. The van der Waals surface area contributed by atoms with E-state index in [0.29, 0.717) is 12.5 Å². The number of hydrogen-bond donors (Lipinski definition) is 0. The molecule has 1 heterocycles. The summed E-state index contributed by atoms with van der Waals surface area (Å²) in [6, 6.07) is 8.39. The van der Waals surface area contributed by atoms with Crippen LogP contribution >= 0.6 is 22.9 Å². The molecule has 114 valence electrons. The Hall–Kier alpha value is -0.900. The Morgan fingerprint density at radius 1 is 1.33 bits per heavy atom. The molecule has 0 aliphatic rings. The summed E-state index contributed by atoms with van der Waals surface area (Å²) in [5, 5.41) is 3.03. The summed E-state index contributed by atoms with van der Waals surface area (Å²) in [5.41, 5.74) is 3.27. The molecular weight excluding hydrogens is 302 g/mol. The van der Waals surface area contributed by atoms with Crippen molar-refractivity contribution >= 4 is 22.9 Å². The van der Waals surface area contributed by atoms with E-state index in [0.717, 1.165) is 35.2 Å². The molecule has 0 fully saturated rings. The highest BCUT2D eigenvalue weighted by atomic mass is 35.5. The summed E-state index contributed by atoms with van der Waals surface area (Å²) in [6.45, 7) is 5.98. The normalized spacial score (nSPS) is 11.2. The van der Waals surface area contributed by atoms with Gasteiger partial charge in [0.25, 0.3) is 0 Å². The molecule has 0 amide bonds. The van der Waals surface area contributed by atoms with Crippen molar-refractivity contribution in [3.8, 4) is 10.6 Å². The number of rotatable bonds is 8. The van der Waals surface area contributed by atoms with E-state index in [1.54, 1.807) is 11.3 Å². The van der Waals surface area contributed by atoms with Gasteiger partial charge in [-0.05, 0) is 30.4 Å². The molecule has 0 atom stereocenters. The summed E-state index contributed by atoms with van der Waals surface area (Å²) >= 11 is 7.44. The highest BCUT2D eigenvalue weighted by molar-refractivity contribution is 7.13. The predicted molar refractivity (Wildman–Crippen MR) is 90.8 cm³/mol. The molecule has 0 bridgehead atoms. The van der Waals surface area contributed by atoms with Crippen molar-refractivity contribution in [3.63, 3.8) is 0 Å². The molecule has 21 heavy (non-hydrogen) atoms. The highest BCUT2D eigenvalue weighted by Gasteiger charge is 2.05. The summed E-state index contributed by atoms with van der Waals surface area (Å²) in [5.74, 6) is 1.22.